The third kappa shape index (κ3) is 1.21. The van der Waals surface area contributed by atoms with Gasteiger partial charge in [-0.05, 0) is 6.08 Å². The van der Waals surface area contributed by atoms with Gasteiger partial charge in [0.2, 0.25) is 0 Å². The molecule has 0 saturated carbocycles. The monoisotopic (exact) mass is 160 g/mol. The number of aromatic nitrogens is 2. The SMILES string of the molecule is O=C1C=C(c2cnc[nH]2)C=CC1. The van der Waals surface area contributed by atoms with E-state index in [2.05, 4.69) is 9.97 Å². The first-order valence-corrected chi connectivity index (χ1v) is 3.76. The van der Waals surface area contributed by atoms with Gasteiger partial charge in [-0.3, -0.25) is 4.79 Å². The van der Waals surface area contributed by atoms with Crippen molar-refractivity contribution in [2.24, 2.45) is 0 Å². The van der Waals surface area contributed by atoms with E-state index in [1.807, 2.05) is 12.2 Å². The second-order valence-electron chi connectivity index (χ2n) is 2.64. The average Bonchev–Trinajstić information content (AvgIpc) is 2.56. The van der Waals surface area contributed by atoms with Crippen molar-refractivity contribution in [1.82, 2.24) is 9.97 Å². The maximum Gasteiger partial charge on any atom is 0.160 e. The lowest BCUT2D eigenvalue weighted by atomic mass is 10.0. The Morgan fingerprint density at radius 1 is 1.50 bits per heavy atom. The Hall–Kier alpha value is -1.64. The highest BCUT2D eigenvalue weighted by Gasteiger charge is 2.06. The minimum atomic E-state index is 0.141. The lowest BCUT2D eigenvalue weighted by molar-refractivity contribution is -0.113. The molecule has 60 valence electrons. The number of allylic oxidation sites excluding steroid dienone is 4. The van der Waals surface area contributed by atoms with Gasteiger partial charge in [-0.2, -0.15) is 0 Å². The van der Waals surface area contributed by atoms with E-state index in [0.29, 0.717) is 6.42 Å². The van der Waals surface area contributed by atoms with Crippen LogP contribution in [0.25, 0.3) is 5.57 Å². The van der Waals surface area contributed by atoms with E-state index in [-0.39, 0.29) is 5.78 Å². The van der Waals surface area contributed by atoms with Crippen molar-refractivity contribution < 1.29 is 4.79 Å². The molecule has 0 fully saturated rings. The van der Waals surface area contributed by atoms with E-state index in [1.54, 1.807) is 18.6 Å². The molecule has 1 aromatic rings. The van der Waals surface area contributed by atoms with Gasteiger partial charge in [0.25, 0.3) is 0 Å². The molecule has 2 rings (SSSR count). The largest absolute Gasteiger partial charge is 0.345 e. The van der Waals surface area contributed by atoms with Crippen molar-refractivity contribution in [3.05, 3.63) is 36.4 Å². The molecule has 0 bridgehead atoms. The summed E-state index contributed by atoms with van der Waals surface area (Å²) in [5.41, 5.74) is 1.79. The number of carbonyl (C=O) groups excluding carboxylic acids is 1. The standard InChI is InChI=1S/C9H8N2O/c12-8-3-1-2-7(4-8)9-5-10-6-11-9/h1-2,4-6H,3H2,(H,10,11). The smallest absolute Gasteiger partial charge is 0.160 e. The molecule has 0 saturated heterocycles. The summed E-state index contributed by atoms with van der Waals surface area (Å²) in [5, 5.41) is 0. The predicted molar refractivity (Wildman–Crippen MR) is 45.3 cm³/mol. The van der Waals surface area contributed by atoms with Gasteiger partial charge in [-0.25, -0.2) is 4.98 Å². The van der Waals surface area contributed by atoms with Crippen molar-refractivity contribution in [2.75, 3.05) is 0 Å². The summed E-state index contributed by atoms with van der Waals surface area (Å²) in [7, 11) is 0. The number of rotatable bonds is 1. The van der Waals surface area contributed by atoms with E-state index in [4.69, 9.17) is 0 Å². The molecular weight excluding hydrogens is 152 g/mol. The summed E-state index contributed by atoms with van der Waals surface area (Å²) in [6, 6.07) is 0. The molecule has 3 heteroatoms. The molecule has 1 aliphatic rings. The average molecular weight is 160 g/mol. The molecule has 0 aliphatic heterocycles. The van der Waals surface area contributed by atoms with Crippen LogP contribution in [-0.4, -0.2) is 15.8 Å². The maximum atomic E-state index is 11.0. The Bertz CT molecular complexity index is 347. The molecule has 1 heterocycles. The van der Waals surface area contributed by atoms with E-state index >= 15 is 0 Å². The number of ketones is 1. The van der Waals surface area contributed by atoms with Crippen LogP contribution in [0.2, 0.25) is 0 Å². The number of hydrogen-bond acceptors (Lipinski definition) is 2. The van der Waals surface area contributed by atoms with Gasteiger partial charge in [-0.1, -0.05) is 12.2 Å². The van der Waals surface area contributed by atoms with Gasteiger partial charge in [0.05, 0.1) is 18.2 Å². The highest BCUT2D eigenvalue weighted by atomic mass is 16.1. The van der Waals surface area contributed by atoms with Crippen molar-refractivity contribution in [2.45, 2.75) is 6.42 Å². The summed E-state index contributed by atoms with van der Waals surface area (Å²) in [5.74, 6) is 0.141. The van der Waals surface area contributed by atoms with Crippen LogP contribution in [0, 0.1) is 0 Å². The van der Waals surface area contributed by atoms with Crippen LogP contribution in [0.15, 0.2) is 30.8 Å². The molecule has 0 radical (unpaired) electrons. The number of carbonyl (C=O) groups is 1. The number of nitrogens with one attached hydrogen (secondary N) is 1. The third-order valence-corrected chi connectivity index (χ3v) is 1.74. The summed E-state index contributed by atoms with van der Waals surface area (Å²) in [6.45, 7) is 0. The number of hydrogen-bond donors (Lipinski definition) is 1. The molecule has 0 spiro atoms. The zero-order valence-electron chi connectivity index (χ0n) is 6.45. The Morgan fingerprint density at radius 2 is 2.42 bits per heavy atom. The molecule has 1 aliphatic carbocycles. The lowest BCUT2D eigenvalue weighted by Crippen LogP contribution is -1.96. The summed E-state index contributed by atoms with van der Waals surface area (Å²) in [6.07, 6.45) is 9.23. The lowest BCUT2D eigenvalue weighted by Gasteiger charge is -2.02. The molecular formula is C9H8N2O. The van der Waals surface area contributed by atoms with Gasteiger partial charge in [0, 0.05) is 12.0 Å². The Morgan fingerprint density at radius 3 is 3.08 bits per heavy atom. The van der Waals surface area contributed by atoms with Gasteiger partial charge in [0.15, 0.2) is 5.78 Å². The fourth-order valence-corrected chi connectivity index (χ4v) is 1.16. The van der Waals surface area contributed by atoms with Gasteiger partial charge in [-0.15, -0.1) is 0 Å². The van der Waals surface area contributed by atoms with Gasteiger partial charge < -0.3 is 4.98 Å². The van der Waals surface area contributed by atoms with E-state index in [9.17, 15) is 4.79 Å². The summed E-state index contributed by atoms with van der Waals surface area (Å²) >= 11 is 0. The fraction of sp³-hybridized carbons (Fsp3) is 0.111. The number of aromatic amines is 1. The highest BCUT2D eigenvalue weighted by Crippen LogP contribution is 2.16. The van der Waals surface area contributed by atoms with Crippen LogP contribution in [0.4, 0.5) is 0 Å². The topological polar surface area (TPSA) is 45.8 Å². The zero-order valence-corrected chi connectivity index (χ0v) is 6.45. The quantitative estimate of drug-likeness (QED) is 0.673. The number of nitrogens with zero attached hydrogens (tertiary/aromatic N) is 1. The Labute approximate surface area is 69.8 Å². The predicted octanol–water partition coefficient (Wildman–Crippen LogP) is 1.32. The number of H-pyrrole nitrogens is 1. The zero-order chi connectivity index (χ0) is 8.39. The third-order valence-electron chi connectivity index (χ3n) is 1.74. The molecule has 12 heavy (non-hydrogen) atoms. The fourth-order valence-electron chi connectivity index (χ4n) is 1.16. The van der Waals surface area contributed by atoms with E-state index in [0.717, 1.165) is 11.3 Å². The van der Waals surface area contributed by atoms with Crippen LogP contribution >= 0.6 is 0 Å². The van der Waals surface area contributed by atoms with Crippen LogP contribution < -0.4 is 0 Å². The molecule has 3 nitrogen and oxygen atoms in total. The van der Waals surface area contributed by atoms with Crippen LogP contribution in [0.5, 0.6) is 0 Å². The second kappa shape index (κ2) is 2.77. The van der Waals surface area contributed by atoms with Crippen LogP contribution in [0.1, 0.15) is 12.1 Å². The first kappa shape index (κ1) is 7.03. The first-order chi connectivity index (χ1) is 5.86. The van der Waals surface area contributed by atoms with Gasteiger partial charge >= 0.3 is 0 Å². The Balaban J connectivity index is 2.36. The molecule has 1 N–H and O–H groups in total. The van der Waals surface area contributed by atoms with Crippen LogP contribution in [0.3, 0.4) is 0 Å². The van der Waals surface area contributed by atoms with Crippen molar-refractivity contribution >= 4 is 11.4 Å². The molecule has 0 unspecified atom stereocenters. The minimum Gasteiger partial charge on any atom is -0.345 e. The van der Waals surface area contributed by atoms with Crippen LogP contribution in [-0.2, 0) is 4.79 Å². The molecule has 1 aromatic heterocycles. The minimum absolute atomic E-state index is 0.141. The molecule has 0 amide bonds. The normalized spacial score (nSPS) is 16.3. The molecule has 0 aromatic carbocycles. The summed E-state index contributed by atoms with van der Waals surface area (Å²) < 4.78 is 0. The van der Waals surface area contributed by atoms with Crippen molar-refractivity contribution in [3.8, 4) is 0 Å². The van der Waals surface area contributed by atoms with Crippen molar-refractivity contribution in [3.63, 3.8) is 0 Å². The summed E-state index contributed by atoms with van der Waals surface area (Å²) in [4.78, 5) is 17.8. The number of imidazole rings is 1. The van der Waals surface area contributed by atoms with E-state index in [1.165, 1.54) is 0 Å². The first-order valence-electron chi connectivity index (χ1n) is 3.76. The Kier molecular flexibility index (Phi) is 1.63. The van der Waals surface area contributed by atoms with E-state index < -0.39 is 0 Å². The van der Waals surface area contributed by atoms with Gasteiger partial charge in [0.1, 0.15) is 0 Å². The second-order valence-corrected chi connectivity index (χ2v) is 2.64. The molecule has 0 atom stereocenters. The van der Waals surface area contributed by atoms with Crippen molar-refractivity contribution in [1.29, 1.82) is 0 Å². The highest BCUT2D eigenvalue weighted by molar-refractivity contribution is 6.01. The maximum absolute atomic E-state index is 11.0.